The average Bonchev–Trinajstić information content (AvgIpc) is 3.14. The van der Waals surface area contributed by atoms with E-state index in [9.17, 15) is 4.79 Å². The van der Waals surface area contributed by atoms with Crippen molar-refractivity contribution < 1.29 is 9.53 Å². The molecule has 7 heteroatoms. The molecule has 0 aliphatic carbocycles. The first-order valence-electron chi connectivity index (χ1n) is 9.21. The van der Waals surface area contributed by atoms with E-state index in [1.54, 1.807) is 24.8 Å². The van der Waals surface area contributed by atoms with E-state index in [0.29, 0.717) is 17.3 Å². The Morgan fingerprint density at radius 2 is 1.93 bits per heavy atom. The predicted molar refractivity (Wildman–Crippen MR) is 116 cm³/mol. The van der Waals surface area contributed by atoms with E-state index in [4.69, 9.17) is 4.74 Å². The molecule has 1 aromatic heterocycles. The topological polar surface area (TPSA) is 80.2 Å². The summed E-state index contributed by atoms with van der Waals surface area (Å²) in [5.41, 5.74) is 4.11. The van der Waals surface area contributed by atoms with Gasteiger partial charge in [-0.3, -0.25) is 4.79 Å². The highest BCUT2D eigenvalue weighted by molar-refractivity contribution is 6.02. The van der Waals surface area contributed by atoms with Crippen LogP contribution >= 0.6 is 0 Å². The maximum atomic E-state index is 12.7. The van der Waals surface area contributed by atoms with Crippen LogP contribution in [-0.2, 0) is 7.05 Å². The van der Waals surface area contributed by atoms with Crippen molar-refractivity contribution in [3.63, 3.8) is 0 Å². The van der Waals surface area contributed by atoms with Gasteiger partial charge in [-0.2, -0.15) is 0 Å². The molecule has 0 bridgehead atoms. The zero-order chi connectivity index (χ0) is 20.8. The van der Waals surface area contributed by atoms with Crippen LogP contribution in [-0.4, -0.2) is 29.6 Å². The Balaban J connectivity index is 1.78. The number of ether oxygens (including phenoxy) is 1. The smallest absolute Gasteiger partial charge is 0.291 e. The van der Waals surface area contributed by atoms with Crippen molar-refractivity contribution in [2.75, 3.05) is 24.8 Å². The van der Waals surface area contributed by atoms with Gasteiger partial charge >= 0.3 is 0 Å². The van der Waals surface area contributed by atoms with Gasteiger partial charge in [0, 0.05) is 49.5 Å². The van der Waals surface area contributed by atoms with Crippen LogP contribution in [0.2, 0.25) is 0 Å². The van der Waals surface area contributed by atoms with Gasteiger partial charge in [-0.05, 0) is 19.1 Å². The first-order chi connectivity index (χ1) is 14.0. The number of carbonyl (C=O) groups excluding carboxylic acids is 1. The second kappa shape index (κ2) is 8.97. The molecular weight excluding hydrogens is 366 g/mol. The average molecular weight is 391 g/mol. The summed E-state index contributed by atoms with van der Waals surface area (Å²) >= 11 is 0. The van der Waals surface area contributed by atoms with Crippen LogP contribution < -0.4 is 20.7 Å². The summed E-state index contributed by atoms with van der Waals surface area (Å²) in [6.07, 6.45) is 3.68. The first kappa shape index (κ1) is 20.0. The molecule has 150 valence electrons. The SMILES string of the molecule is CN/C(C)=C\Nc1ccc(NC(=O)c2nc(-c3ccccc3)cn2C)cc1OC. The molecule has 2 aromatic carbocycles. The Bertz CT molecular complexity index is 1020. The van der Waals surface area contributed by atoms with E-state index in [2.05, 4.69) is 20.9 Å². The Labute approximate surface area is 170 Å². The molecule has 7 nitrogen and oxygen atoms in total. The lowest BCUT2D eigenvalue weighted by molar-refractivity contribution is 0.101. The second-order valence-electron chi connectivity index (χ2n) is 6.52. The molecule has 1 amide bonds. The standard InChI is InChI=1S/C22H25N5O2/c1-15(23-2)13-24-18-11-10-17(12-20(18)29-4)25-22(28)21-26-19(14-27(21)3)16-8-6-5-7-9-16/h5-14,23-24H,1-4H3,(H,25,28)/b15-13-. The van der Waals surface area contributed by atoms with Crippen molar-refractivity contribution >= 4 is 17.3 Å². The summed E-state index contributed by atoms with van der Waals surface area (Å²) in [6.45, 7) is 1.95. The van der Waals surface area contributed by atoms with Crippen LogP contribution in [0.15, 0.2) is 66.6 Å². The van der Waals surface area contributed by atoms with Gasteiger partial charge in [-0.15, -0.1) is 0 Å². The zero-order valence-corrected chi connectivity index (χ0v) is 17.0. The van der Waals surface area contributed by atoms with Crippen LogP contribution in [0.4, 0.5) is 11.4 Å². The summed E-state index contributed by atoms with van der Waals surface area (Å²) in [5.74, 6) is 0.661. The minimum Gasteiger partial charge on any atom is -0.494 e. The fourth-order valence-corrected chi connectivity index (χ4v) is 2.76. The molecule has 0 aliphatic heterocycles. The molecule has 3 N–H and O–H groups in total. The number of aryl methyl sites for hydroxylation is 1. The molecule has 0 fully saturated rings. The summed E-state index contributed by atoms with van der Waals surface area (Å²) in [4.78, 5) is 17.2. The van der Waals surface area contributed by atoms with Gasteiger partial charge in [0.15, 0.2) is 5.82 Å². The third kappa shape index (κ3) is 4.76. The fourth-order valence-electron chi connectivity index (χ4n) is 2.76. The molecule has 0 saturated carbocycles. The minimum absolute atomic E-state index is 0.289. The molecule has 3 aromatic rings. The molecule has 0 radical (unpaired) electrons. The number of allylic oxidation sites excluding steroid dienone is 1. The number of aromatic nitrogens is 2. The van der Waals surface area contributed by atoms with Gasteiger partial charge in [0.1, 0.15) is 5.75 Å². The number of nitrogens with zero attached hydrogens (tertiary/aromatic N) is 2. The Morgan fingerprint density at radius 1 is 1.17 bits per heavy atom. The second-order valence-corrected chi connectivity index (χ2v) is 6.52. The molecule has 0 atom stereocenters. The van der Waals surface area contributed by atoms with Crippen molar-refractivity contribution in [1.82, 2.24) is 14.9 Å². The normalized spacial score (nSPS) is 11.1. The largest absolute Gasteiger partial charge is 0.494 e. The van der Waals surface area contributed by atoms with Crippen LogP contribution in [0, 0.1) is 0 Å². The fraction of sp³-hybridized carbons (Fsp3) is 0.182. The Morgan fingerprint density at radius 3 is 2.62 bits per heavy atom. The zero-order valence-electron chi connectivity index (χ0n) is 17.0. The quantitative estimate of drug-likeness (QED) is 0.570. The highest BCUT2D eigenvalue weighted by Gasteiger charge is 2.16. The summed E-state index contributed by atoms with van der Waals surface area (Å²) in [5, 5.41) is 9.10. The van der Waals surface area contributed by atoms with Crippen molar-refractivity contribution in [2.24, 2.45) is 7.05 Å². The predicted octanol–water partition coefficient (Wildman–Crippen LogP) is 3.84. The third-order valence-electron chi connectivity index (χ3n) is 4.45. The van der Waals surface area contributed by atoms with Gasteiger partial charge in [-0.1, -0.05) is 30.3 Å². The highest BCUT2D eigenvalue weighted by Crippen LogP contribution is 2.28. The monoisotopic (exact) mass is 391 g/mol. The van der Waals surface area contributed by atoms with Crippen molar-refractivity contribution in [2.45, 2.75) is 6.92 Å². The summed E-state index contributed by atoms with van der Waals surface area (Å²) in [6, 6.07) is 15.2. The lowest BCUT2D eigenvalue weighted by atomic mass is 10.2. The molecule has 29 heavy (non-hydrogen) atoms. The number of carbonyl (C=O) groups is 1. The first-order valence-corrected chi connectivity index (χ1v) is 9.21. The van der Waals surface area contributed by atoms with E-state index >= 15 is 0 Å². The van der Waals surface area contributed by atoms with Crippen LogP contribution in [0.25, 0.3) is 11.3 Å². The van der Waals surface area contributed by atoms with Crippen molar-refractivity contribution in [3.05, 3.63) is 72.4 Å². The molecule has 0 spiro atoms. The molecule has 0 saturated heterocycles. The summed E-state index contributed by atoms with van der Waals surface area (Å²) < 4.78 is 7.16. The van der Waals surface area contributed by atoms with Crippen LogP contribution in [0.1, 0.15) is 17.5 Å². The van der Waals surface area contributed by atoms with Gasteiger partial charge in [0.2, 0.25) is 0 Å². The lowest BCUT2D eigenvalue weighted by Gasteiger charge is -2.12. The summed E-state index contributed by atoms with van der Waals surface area (Å²) in [7, 11) is 5.24. The van der Waals surface area contributed by atoms with Gasteiger partial charge in [-0.25, -0.2) is 4.98 Å². The van der Waals surface area contributed by atoms with Crippen molar-refractivity contribution in [1.29, 1.82) is 0 Å². The van der Waals surface area contributed by atoms with Gasteiger partial charge in [0.25, 0.3) is 5.91 Å². The molecule has 0 aliphatic rings. The van der Waals surface area contributed by atoms with Crippen molar-refractivity contribution in [3.8, 4) is 17.0 Å². The minimum atomic E-state index is -0.289. The molecule has 1 heterocycles. The lowest BCUT2D eigenvalue weighted by Crippen LogP contribution is -2.16. The van der Waals surface area contributed by atoms with E-state index in [1.807, 2.05) is 68.8 Å². The molecule has 0 unspecified atom stereocenters. The highest BCUT2D eigenvalue weighted by atomic mass is 16.5. The number of hydrogen-bond donors (Lipinski definition) is 3. The van der Waals surface area contributed by atoms with Crippen LogP contribution in [0.3, 0.4) is 0 Å². The third-order valence-corrected chi connectivity index (χ3v) is 4.45. The van der Waals surface area contributed by atoms with Gasteiger partial charge < -0.3 is 25.3 Å². The number of imidazole rings is 1. The molecular formula is C22H25N5O2. The number of anilines is 2. The number of rotatable bonds is 7. The van der Waals surface area contributed by atoms with E-state index in [-0.39, 0.29) is 5.91 Å². The van der Waals surface area contributed by atoms with E-state index in [0.717, 1.165) is 22.6 Å². The van der Waals surface area contributed by atoms with E-state index in [1.165, 1.54) is 0 Å². The number of amides is 1. The van der Waals surface area contributed by atoms with Gasteiger partial charge in [0.05, 0.1) is 18.5 Å². The van der Waals surface area contributed by atoms with E-state index < -0.39 is 0 Å². The number of nitrogens with one attached hydrogen (secondary N) is 3. The maximum Gasteiger partial charge on any atom is 0.291 e. The Hall–Kier alpha value is -3.74. The number of methoxy groups -OCH3 is 1. The van der Waals surface area contributed by atoms with Crippen LogP contribution in [0.5, 0.6) is 5.75 Å². The number of hydrogen-bond acceptors (Lipinski definition) is 5. The Kier molecular flexibility index (Phi) is 6.19. The number of benzene rings is 2. The maximum absolute atomic E-state index is 12.7. The molecule has 3 rings (SSSR count).